The summed E-state index contributed by atoms with van der Waals surface area (Å²) in [6.07, 6.45) is 4.48. The molecule has 0 radical (unpaired) electrons. The van der Waals surface area contributed by atoms with Crippen LogP contribution in [-0.2, 0) is 4.79 Å². The van der Waals surface area contributed by atoms with Crippen LogP contribution in [0.25, 0.3) is 6.08 Å². The van der Waals surface area contributed by atoms with Crippen molar-refractivity contribution in [3.8, 4) is 5.75 Å². The fraction of sp³-hybridized carbons (Fsp3) is 0. The Morgan fingerprint density at radius 2 is 1.95 bits per heavy atom. The second-order valence-electron chi connectivity index (χ2n) is 4.18. The number of carbonyl (C=O) groups excluding carboxylic acids is 1. The minimum Gasteiger partial charge on any atom is -0.507 e. The van der Waals surface area contributed by atoms with Gasteiger partial charge >= 0.3 is 0 Å². The molecule has 0 saturated carbocycles. The first-order chi connectivity index (χ1) is 10.1. The number of aromatic hydroxyl groups is 1. The number of rotatable bonds is 4. The molecule has 0 aromatic heterocycles. The zero-order valence-corrected chi connectivity index (χ0v) is 12.6. The van der Waals surface area contributed by atoms with Crippen LogP contribution in [0.1, 0.15) is 11.1 Å². The van der Waals surface area contributed by atoms with Gasteiger partial charge in [0.15, 0.2) is 0 Å². The molecule has 2 aromatic rings. The minimum absolute atomic E-state index is 0.0935. The number of carbonyl (C=O) groups is 1. The first kappa shape index (κ1) is 15.0. The predicted molar refractivity (Wildman–Crippen MR) is 87.0 cm³/mol. The van der Waals surface area contributed by atoms with Crippen molar-refractivity contribution in [3.05, 3.63) is 70.2 Å². The lowest BCUT2D eigenvalue weighted by atomic mass is 10.2. The number of halogens is 1. The molecular formula is C16H13BrN2O2. The third kappa shape index (κ3) is 4.89. The van der Waals surface area contributed by atoms with Gasteiger partial charge in [-0.15, -0.1) is 0 Å². The molecule has 0 unspecified atom stereocenters. The average Bonchev–Trinajstić information content (AvgIpc) is 2.50. The summed E-state index contributed by atoms with van der Waals surface area (Å²) in [4.78, 5) is 11.6. The Labute approximate surface area is 130 Å². The minimum atomic E-state index is -0.343. The molecule has 0 spiro atoms. The highest BCUT2D eigenvalue weighted by molar-refractivity contribution is 9.10. The lowest BCUT2D eigenvalue weighted by molar-refractivity contribution is -0.116. The molecule has 0 bridgehead atoms. The Morgan fingerprint density at radius 1 is 1.19 bits per heavy atom. The summed E-state index contributed by atoms with van der Waals surface area (Å²) in [6.45, 7) is 0. The highest BCUT2D eigenvalue weighted by Crippen LogP contribution is 2.19. The van der Waals surface area contributed by atoms with Crippen LogP contribution in [-0.4, -0.2) is 17.2 Å². The van der Waals surface area contributed by atoms with Crippen molar-refractivity contribution in [1.82, 2.24) is 5.43 Å². The fourth-order valence-corrected chi connectivity index (χ4v) is 1.95. The lowest BCUT2D eigenvalue weighted by Gasteiger charge is -1.99. The molecule has 2 rings (SSSR count). The summed E-state index contributed by atoms with van der Waals surface area (Å²) in [5.41, 5.74) is 3.81. The largest absolute Gasteiger partial charge is 0.507 e. The number of hydrazone groups is 1. The van der Waals surface area contributed by atoms with E-state index in [0.29, 0.717) is 5.56 Å². The van der Waals surface area contributed by atoms with E-state index >= 15 is 0 Å². The molecule has 0 saturated heterocycles. The normalized spacial score (nSPS) is 11.1. The summed E-state index contributed by atoms with van der Waals surface area (Å²) >= 11 is 3.30. The zero-order valence-electron chi connectivity index (χ0n) is 11.0. The van der Waals surface area contributed by atoms with Crippen LogP contribution in [0, 0.1) is 0 Å². The standard InChI is InChI=1S/C16H13BrN2O2/c17-14-7-8-15(20)13(10-14)11-18-19-16(21)9-6-12-4-2-1-3-5-12/h1-11,20H,(H,19,21)/b9-6+,18-11+. The van der Waals surface area contributed by atoms with Gasteiger partial charge in [0, 0.05) is 16.1 Å². The van der Waals surface area contributed by atoms with Crippen LogP contribution >= 0.6 is 15.9 Å². The van der Waals surface area contributed by atoms with Gasteiger partial charge in [-0.25, -0.2) is 5.43 Å². The summed E-state index contributed by atoms with van der Waals surface area (Å²) in [6, 6.07) is 14.4. The first-order valence-corrected chi connectivity index (χ1v) is 6.99. The first-order valence-electron chi connectivity index (χ1n) is 6.20. The smallest absolute Gasteiger partial charge is 0.264 e. The van der Waals surface area contributed by atoms with Gasteiger partial charge in [0.25, 0.3) is 5.91 Å². The molecule has 5 heteroatoms. The topological polar surface area (TPSA) is 61.7 Å². The van der Waals surface area contributed by atoms with Gasteiger partial charge in [0.05, 0.1) is 6.21 Å². The lowest BCUT2D eigenvalue weighted by Crippen LogP contribution is -2.14. The van der Waals surface area contributed by atoms with Gasteiger partial charge in [0.2, 0.25) is 0 Å². The predicted octanol–water partition coefficient (Wildman–Crippen LogP) is 3.32. The Kier molecular flexibility index (Phi) is 5.29. The third-order valence-corrected chi connectivity index (χ3v) is 3.09. The molecule has 0 aliphatic heterocycles. The number of phenols is 1. The molecule has 106 valence electrons. The number of amides is 1. The highest BCUT2D eigenvalue weighted by Gasteiger charge is 1.99. The Hall–Kier alpha value is -2.40. The van der Waals surface area contributed by atoms with Crippen LogP contribution in [0.4, 0.5) is 0 Å². The monoisotopic (exact) mass is 344 g/mol. The SMILES string of the molecule is O=C(/C=C/c1ccccc1)N/N=C/c1cc(Br)ccc1O. The summed E-state index contributed by atoms with van der Waals surface area (Å²) in [5, 5.41) is 13.4. The van der Waals surface area contributed by atoms with Crippen molar-refractivity contribution < 1.29 is 9.90 Å². The fourth-order valence-electron chi connectivity index (χ4n) is 1.57. The van der Waals surface area contributed by atoms with E-state index in [2.05, 4.69) is 26.5 Å². The van der Waals surface area contributed by atoms with Crippen molar-refractivity contribution >= 4 is 34.1 Å². The van der Waals surface area contributed by atoms with Crippen molar-refractivity contribution in [3.63, 3.8) is 0 Å². The maximum Gasteiger partial charge on any atom is 0.264 e. The molecular weight excluding hydrogens is 332 g/mol. The van der Waals surface area contributed by atoms with Crippen LogP contribution in [0.2, 0.25) is 0 Å². The molecule has 21 heavy (non-hydrogen) atoms. The average molecular weight is 345 g/mol. The highest BCUT2D eigenvalue weighted by atomic mass is 79.9. The maximum absolute atomic E-state index is 11.6. The third-order valence-electron chi connectivity index (χ3n) is 2.59. The summed E-state index contributed by atoms with van der Waals surface area (Å²) in [7, 11) is 0. The molecule has 0 aliphatic rings. The molecule has 1 amide bonds. The van der Waals surface area contributed by atoms with Crippen molar-refractivity contribution in [1.29, 1.82) is 0 Å². The number of nitrogens with zero attached hydrogens (tertiary/aromatic N) is 1. The Balaban J connectivity index is 1.93. The van der Waals surface area contributed by atoms with E-state index < -0.39 is 0 Å². The van der Waals surface area contributed by atoms with Crippen LogP contribution in [0.15, 0.2) is 64.2 Å². The second-order valence-corrected chi connectivity index (χ2v) is 5.10. The van der Waals surface area contributed by atoms with Gasteiger partial charge in [0.1, 0.15) is 5.75 Å². The van der Waals surface area contributed by atoms with Crippen molar-refractivity contribution in [2.75, 3.05) is 0 Å². The van der Waals surface area contributed by atoms with E-state index in [-0.39, 0.29) is 11.7 Å². The number of phenolic OH excluding ortho intramolecular Hbond substituents is 1. The molecule has 4 nitrogen and oxygen atoms in total. The molecule has 2 aromatic carbocycles. The summed E-state index contributed by atoms with van der Waals surface area (Å²) in [5.74, 6) is -0.249. The molecule has 0 atom stereocenters. The number of hydrogen-bond donors (Lipinski definition) is 2. The van der Waals surface area contributed by atoms with Gasteiger partial charge in [-0.2, -0.15) is 5.10 Å². The van der Waals surface area contributed by atoms with Gasteiger partial charge in [-0.3, -0.25) is 4.79 Å². The van der Waals surface area contributed by atoms with Gasteiger partial charge in [-0.1, -0.05) is 46.3 Å². The zero-order chi connectivity index (χ0) is 15.1. The van der Waals surface area contributed by atoms with E-state index in [0.717, 1.165) is 10.0 Å². The van der Waals surface area contributed by atoms with E-state index in [1.165, 1.54) is 12.3 Å². The summed E-state index contributed by atoms with van der Waals surface area (Å²) < 4.78 is 0.817. The molecule has 0 aliphatic carbocycles. The van der Waals surface area contributed by atoms with Crippen LogP contribution in [0.3, 0.4) is 0 Å². The Morgan fingerprint density at radius 3 is 2.71 bits per heavy atom. The van der Waals surface area contributed by atoms with Crippen LogP contribution < -0.4 is 5.43 Å². The van der Waals surface area contributed by atoms with E-state index in [4.69, 9.17) is 0 Å². The number of benzene rings is 2. The molecule has 0 heterocycles. The van der Waals surface area contributed by atoms with Crippen molar-refractivity contribution in [2.45, 2.75) is 0 Å². The van der Waals surface area contributed by atoms with E-state index in [1.807, 2.05) is 30.3 Å². The van der Waals surface area contributed by atoms with E-state index in [9.17, 15) is 9.90 Å². The Bertz CT molecular complexity index is 682. The second kappa shape index (κ2) is 7.40. The molecule has 2 N–H and O–H groups in total. The van der Waals surface area contributed by atoms with Crippen molar-refractivity contribution in [2.24, 2.45) is 5.10 Å². The maximum atomic E-state index is 11.6. The number of hydrogen-bond acceptors (Lipinski definition) is 3. The van der Waals surface area contributed by atoms with Crippen LogP contribution in [0.5, 0.6) is 5.75 Å². The van der Waals surface area contributed by atoms with Gasteiger partial charge in [-0.05, 0) is 29.8 Å². The van der Waals surface area contributed by atoms with Gasteiger partial charge < -0.3 is 5.11 Å². The number of nitrogens with one attached hydrogen (secondary N) is 1. The molecule has 0 fully saturated rings. The quantitative estimate of drug-likeness (QED) is 0.507. The van der Waals surface area contributed by atoms with E-state index in [1.54, 1.807) is 24.3 Å².